The molecular weight excluding hydrogens is 590 g/mol. The lowest BCUT2D eigenvalue weighted by atomic mass is 10.1. The van der Waals surface area contributed by atoms with Gasteiger partial charge in [-0.05, 0) is 56.2 Å². The number of amides is 2. The standard InChI is InChI=1S/C24H27Cl3F3N3O4S/c1-5-14(2)31-23(35)15(3)32(12-16-6-7-17(25)10-21(16)27)22(34)13-33(38(4,36)37)18-8-9-20(26)19(11-18)24(28,29)30/h6-11,14-15H,5,12-13H2,1-4H3,(H,31,35). The molecule has 2 aromatic carbocycles. The molecule has 2 atom stereocenters. The van der Waals surface area contributed by atoms with Crippen LogP contribution in [0.4, 0.5) is 18.9 Å². The van der Waals surface area contributed by atoms with Crippen LogP contribution in [-0.2, 0) is 32.3 Å². The van der Waals surface area contributed by atoms with Crippen LogP contribution in [0.5, 0.6) is 0 Å². The first-order valence-corrected chi connectivity index (χ1v) is 14.3. The molecular formula is C24H27Cl3F3N3O4S. The Morgan fingerprint density at radius 2 is 1.66 bits per heavy atom. The van der Waals surface area contributed by atoms with Crippen LogP contribution in [0.2, 0.25) is 15.1 Å². The maximum Gasteiger partial charge on any atom is 0.417 e. The van der Waals surface area contributed by atoms with Crippen LogP contribution in [-0.4, -0.2) is 50.0 Å². The second-order valence-corrected chi connectivity index (χ2v) is 11.8. The highest BCUT2D eigenvalue weighted by atomic mass is 35.5. The highest BCUT2D eigenvalue weighted by Crippen LogP contribution is 2.37. The summed E-state index contributed by atoms with van der Waals surface area (Å²) in [6.45, 7) is 4.00. The van der Waals surface area contributed by atoms with E-state index >= 15 is 0 Å². The van der Waals surface area contributed by atoms with E-state index in [0.717, 1.165) is 23.3 Å². The smallest absolute Gasteiger partial charge is 0.352 e. The van der Waals surface area contributed by atoms with Crippen LogP contribution in [0.3, 0.4) is 0 Å². The first-order chi connectivity index (χ1) is 17.4. The fourth-order valence-electron chi connectivity index (χ4n) is 3.38. The van der Waals surface area contributed by atoms with Gasteiger partial charge in [0.2, 0.25) is 21.8 Å². The number of benzene rings is 2. The summed E-state index contributed by atoms with van der Waals surface area (Å²) in [5.74, 6) is -1.36. The molecule has 0 spiro atoms. The SMILES string of the molecule is CCC(C)NC(=O)C(C)N(Cc1ccc(Cl)cc1Cl)C(=O)CN(c1ccc(Cl)c(C(F)(F)F)c1)S(C)(=O)=O. The number of carbonyl (C=O) groups excluding carboxylic acids is 2. The number of nitrogens with one attached hydrogen (secondary N) is 1. The average molecular weight is 617 g/mol. The highest BCUT2D eigenvalue weighted by molar-refractivity contribution is 7.92. The van der Waals surface area contributed by atoms with Crippen molar-refractivity contribution in [2.75, 3.05) is 17.1 Å². The van der Waals surface area contributed by atoms with Gasteiger partial charge in [0.05, 0.1) is 22.5 Å². The zero-order valence-corrected chi connectivity index (χ0v) is 24.0. The third kappa shape index (κ3) is 8.39. The van der Waals surface area contributed by atoms with Crippen molar-refractivity contribution in [3.63, 3.8) is 0 Å². The van der Waals surface area contributed by atoms with Crippen molar-refractivity contribution in [3.8, 4) is 0 Å². The number of hydrogen-bond donors (Lipinski definition) is 1. The largest absolute Gasteiger partial charge is 0.417 e. The Bertz CT molecular complexity index is 1290. The minimum absolute atomic E-state index is 0.198. The van der Waals surface area contributed by atoms with E-state index in [1.165, 1.54) is 19.1 Å². The van der Waals surface area contributed by atoms with E-state index in [1.807, 2.05) is 6.92 Å². The topological polar surface area (TPSA) is 86.8 Å². The number of hydrogen-bond acceptors (Lipinski definition) is 4. The Hall–Kier alpha value is -2.21. The lowest BCUT2D eigenvalue weighted by Crippen LogP contribution is -2.52. The Balaban J connectivity index is 2.51. The molecule has 14 heteroatoms. The van der Waals surface area contributed by atoms with Gasteiger partial charge in [0.1, 0.15) is 12.6 Å². The summed E-state index contributed by atoms with van der Waals surface area (Å²) in [7, 11) is -4.25. The normalized spacial score (nSPS) is 13.5. The van der Waals surface area contributed by atoms with E-state index in [1.54, 1.807) is 13.0 Å². The molecule has 0 fully saturated rings. The summed E-state index contributed by atoms with van der Waals surface area (Å²) in [5, 5.41) is 2.68. The molecule has 38 heavy (non-hydrogen) atoms. The summed E-state index contributed by atoms with van der Waals surface area (Å²) in [5.41, 5.74) is -1.26. The fourth-order valence-corrected chi connectivity index (χ4v) is 4.92. The van der Waals surface area contributed by atoms with Crippen molar-refractivity contribution in [1.82, 2.24) is 10.2 Å². The summed E-state index contributed by atoms with van der Waals surface area (Å²) in [6.07, 6.45) is -3.49. The van der Waals surface area contributed by atoms with Crippen LogP contribution in [0.1, 0.15) is 38.3 Å². The molecule has 0 aromatic heterocycles. The Morgan fingerprint density at radius 3 is 2.18 bits per heavy atom. The van der Waals surface area contributed by atoms with Crippen molar-refractivity contribution < 1.29 is 31.2 Å². The van der Waals surface area contributed by atoms with Crippen LogP contribution in [0.25, 0.3) is 0 Å². The number of carbonyl (C=O) groups is 2. The third-order valence-electron chi connectivity index (χ3n) is 5.75. The number of halogens is 6. The molecule has 0 aliphatic rings. The van der Waals surface area contributed by atoms with Gasteiger partial charge in [-0.3, -0.25) is 13.9 Å². The summed E-state index contributed by atoms with van der Waals surface area (Å²) >= 11 is 17.9. The number of nitrogens with zero attached hydrogens (tertiary/aromatic N) is 2. The maximum absolute atomic E-state index is 13.5. The van der Waals surface area contributed by atoms with Gasteiger partial charge in [-0.1, -0.05) is 47.8 Å². The van der Waals surface area contributed by atoms with E-state index < -0.39 is 56.9 Å². The molecule has 0 aliphatic carbocycles. The van der Waals surface area contributed by atoms with Crippen molar-refractivity contribution in [2.24, 2.45) is 0 Å². The minimum Gasteiger partial charge on any atom is -0.352 e. The predicted molar refractivity (Wildman–Crippen MR) is 143 cm³/mol. The quantitative estimate of drug-likeness (QED) is 0.368. The molecule has 7 nitrogen and oxygen atoms in total. The molecule has 1 N–H and O–H groups in total. The number of sulfonamides is 1. The van der Waals surface area contributed by atoms with Crippen LogP contribution < -0.4 is 9.62 Å². The van der Waals surface area contributed by atoms with Crippen LogP contribution in [0.15, 0.2) is 36.4 Å². The maximum atomic E-state index is 13.5. The average Bonchev–Trinajstić information content (AvgIpc) is 2.80. The molecule has 2 amide bonds. The highest BCUT2D eigenvalue weighted by Gasteiger charge is 2.35. The zero-order valence-electron chi connectivity index (χ0n) is 20.9. The lowest BCUT2D eigenvalue weighted by molar-refractivity contribution is -0.139. The van der Waals surface area contributed by atoms with Gasteiger partial charge in [0.25, 0.3) is 0 Å². The molecule has 0 aliphatic heterocycles. The first kappa shape index (κ1) is 32.0. The van der Waals surface area contributed by atoms with Gasteiger partial charge in [-0.2, -0.15) is 13.2 Å². The van der Waals surface area contributed by atoms with Gasteiger partial charge in [-0.25, -0.2) is 8.42 Å². The van der Waals surface area contributed by atoms with E-state index in [-0.39, 0.29) is 17.6 Å². The van der Waals surface area contributed by atoms with Crippen molar-refractivity contribution in [2.45, 2.75) is 52.0 Å². The molecule has 0 bridgehead atoms. The molecule has 2 aromatic rings. The number of rotatable bonds is 10. The summed E-state index contributed by atoms with van der Waals surface area (Å²) < 4.78 is 66.0. The molecule has 210 valence electrons. The van der Waals surface area contributed by atoms with Gasteiger partial charge in [0, 0.05) is 22.6 Å². The predicted octanol–water partition coefficient (Wildman–Crippen LogP) is 5.76. The van der Waals surface area contributed by atoms with Crippen LogP contribution in [0, 0.1) is 0 Å². The van der Waals surface area contributed by atoms with Gasteiger partial charge < -0.3 is 10.2 Å². The van der Waals surface area contributed by atoms with Gasteiger partial charge >= 0.3 is 6.18 Å². The number of alkyl halides is 3. The molecule has 2 rings (SSSR count). The van der Waals surface area contributed by atoms with Gasteiger partial charge in [0.15, 0.2) is 0 Å². The van der Waals surface area contributed by atoms with E-state index in [2.05, 4.69) is 5.32 Å². The third-order valence-corrected chi connectivity index (χ3v) is 7.80. The fraction of sp³-hybridized carbons (Fsp3) is 0.417. The molecule has 0 saturated heterocycles. The van der Waals surface area contributed by atoms with Crippen LogP contribution >= 0.6 is 34.8 Å². The van der Waals surface area contributed by atoms with Gasteiger partial charge in [-0.15, -0.1) is 0 Å². The molecule has 0 saturated carbocycles. The Morgan fingerprint density at radius 1 is 1.03 bits per heavy atom. The van der Waals surface area contributed by atoms with E-state index in [4.69, 9.17) is 34.8 Å². The number of anilines is 1. The zero-order chi connectivity index (χ0) is 29.0. The summed E-state index contributed by atoms with van der Waals surface area (Å²) in [6, 6.07) is 5.75. The lowest BCUT2D eigenvalue weighted by Gasteiger charge is -2.32. The second-order valence-electron chi connectivity index (χ2n) is 8.68. The van der Waals surface area contributed by atoms with E-state index in [0.29, 0.717) is 27.4 Å². The van der Waals surface area contributed by atoms with Crippen molar-refractivity contribution in [1.29, 1.82) is 0 Å². The molecule has 2 unspecified atom stereocenters. The van der Waals surface area contributed by atoms with Crippen molar-refractivity contribution >= 4 is 62.3 Å². The monoisotopic (exact) mass is 615 g/mol. The minimum atomic E-state index is -4.86. The first-order valence-electron chi connectivity index (χ1n) is 11.3. The van der Waals surface area contributed by atoms with E-state index in [9.17, 15) is 31.2 Å². The van der Waals surface area contributed by atoms with Crippen molar-refractivity contribution in [3.05, 3.63) is 62.6 Å². The molecule has 0 radical (unpaired) electrons. The molecule has 0 heterocycles. The Labute approximate surface area is 234 Å². The second kappa shape index (κ2) is 12.8. The summed E-state index contributed by atoms with van der Waals surface area (Å²) in [4.78, 5) is 27.5. The Kier molecular flexibility index (Phi) is 10.7.